The van der Waals surface area contributed by atoms with Crippen LogP contribution >= 0.6 is 31.9 Å². The van der Waals surface area contributed by atoms with Gasteiger partial charge in [0.2, 0.25) is 0 Å². The van der Waals surface area contributed by atoms with Crippen molar-refractivity contribution in [2.24, 2.45) is 0 Å². The van der Waals surface area contributed by atoms with Crippen LogP contribution in [0.1, 0.15) is 38.9 Å². The summed E-state index contributed by atoms with van der Waals surface area (Å²) in [7, 11) is 0. The Morgan fingerprint density at radius 3 is 2.52 bits per heavy atom. The van der Waals surface area contributed by atoms with Crippen LogP contribution in [-0.4, -0.2) is 9.55 Å². The van der Waals surface area contributed by atoms with Gasteiger partial charge in [0.1, 0.15) is 17.3 Å². The van der Waals surface area contributed by atoms with Gasteiger partial charge in [-0.25, -0.2) is 4.98 Å². The molecule has 1 heterocycles. The highest BCUT2D eigenvalue weighted by molar-refractivity contribution is 9.13. The molecule has 2 aromatic rings. The highest BCUT2D eigenvalue weighted by Crippen LogP contribution is 2.32. The Balaban J connectivity index is 2.45. The Morgan fingerprint density at radius 2 is 1.90 bits per heavy atom. The molecule has 0 aliphatic rings. The predicted octanol–water partition coefficient (Wildman–Crippen LogP) is 5.41. The zero-order chi connectivity index (χ0) is 15.4. The molecule has 1 aromatic heterocycles. The third-order valence-corrected chi connectivity index (χ3v) is 5.37. The maximum absolute atomic E-state index is 6.37. The highest BCUT2D eigenvalue weighted by Gasteiger charge is 2.16. The molecule has 0 spiro atoms. The molecule has 0 amide bonds. The van der Waals surface area contributed by atoms with Gasteiger partial charge in [0.05, 0.1) is 0 Å². The van der Waals surface area contributed by atoms with Crippen LogP contribution in [0.3, 0.4) is 0 Å². The van der Waals surface area contributed by atoms with Crippen molar-refractivity contribution in [2.45, 2.75) is 46.1 Å². The van der Waals surface area contributed by atoms with Crippen LogP contribution in [0.15, 0.2) is 27.1 Å². The highest BCUT2D eigenvalue weighted by atomic mass is 79.9. The second-order valence-electron chi connectivity index (χ2n) is 5.15. The van der Waals surface area contributed by atoms with E-state index in [-0.39, 0.29) is 0 Å². The number of nitrogen functional groups attached to an aromatic ring is 1. The summed E-state index contributed by atoms with van der Waals surface area (Å²) in [4.78, 5) is 4.80. The van der Waals surface area contributed by atoms with Crippen LogP contribution in [0, 0.1) is 0 Å². The van der Waals surface area contributed by atoms with Gasteiger partial charge >= 0.3 is 0 Å². The Morgan fingerprint density at radius 1 is 1.14 bits per heavy atom. The minimum Gasteiger partial charge on any atom is -0.383 e. The number of imidazole rings is 1. The maximum atomic E-state index is 6.37. The molecule has 0 aliphatic heterocycles. The number of halogens is 2. The van der Waals surface area contributed by atoms with Crippen LogP contribution < -0.4 is 5.73 Å². The maximum Gasteiger partial charge on any atom is 0.131 e. The largest absolute Gasteiger partial charge is 0.383 e. The third-order valence-electron chi connectivity index (χ3n) is 3.49. The summed E-state index contributed by atoms with van der Waals surface area (Å²) in [5.74, 6) is 1.87. The Labute approximate surface area is 143 Å². The lowest BCUT2D eigenvalue weighted by Crippen LogP contribution is -2.07. The summed E-state index contributed by atoms with van der Waals surface area (Å²) in [6.07, 6.45) is 4.32. The SMILES string of the molecule is CCCCn1c(CCC)nc(-c2ccc(Br)c(Br)c2)c1N. The second kappa shape index (κ2) is 7.45. The molecular weight excluding hydrogens is 394 g/mol. The van der Waals surface area contributed by atoms with Crippen molar-refractivity contribution >= 4 is 37.7 Å². The average Bonchev–Trinajstić information content (AvgIpc) is 2.77. The fourth-order valence-corrected chi connectivity index (χ4v) is 2.98. The van der Waals surface area contributed by atoms with Crippen molar-refractivity contribution in [3.8, 4) is 11.3 Å². The van der Waals surface area contributed by atoms with E-state index in [4.69, 9.17) is 10.7 Å². The first-order valence-electron chi connectivity index (χ1n) is 7.38. The van der Waals surface area contributed by atoms with Crippen molar-refractivity contribution in [1.82, 2.24) is 9.55 Å². The molecule has 0 bridgehead atoms. The number of nitrogens with two attached hydrogens (primary N) is 1. The molecule has 3 nitrogen and oxygen atoms in total. The number of aromatic nitrogens is 2. The molecule has 2 N–H and O–H groups in total. The first-order valence-corrected chi connectivity index (χ1v) is 8.97. The molecule has 0 atom stereocenters. The van der Waals surface area contributed by atoms with Gasteiger partial charge in [-0.1, -0.05) is 26.3 Å². The van der Waals surface area contributed by atoms with Gasteiger partial charge in [0, 0.05) is 27.5 Å². The molecule has 5 heteroatoms. The number of rotatable bonds is 6. The van der Waals surface area contributed by atoms with Crippen LogP contribution in [0.4, 0.5) is 5.82 Å². The summed E-state index contributed by atoms with van der Waals surface area (Å²) < 4.78 is 4.22. The molecule has 0 saturated carbocycles. The number of hydrogen-bond donors (Lipinski definition) is 1. The molecule has 0 unspecified atom stereocenters. The fourth-order valence-electron chi connectivity index (χ4n) is 2.35. The van der Waals surface area contributed by atoms with Crippen molar-refractivity contribution < 1.29 is 0 Å². The molecule has 114 valence electrons. The smallest absolute Gasteiger partial charge is 0.131 e. The Bertz CT molecular complexity index is 620. The molecule has 0 radical (unpaired) electrons. The van der Waals surface area contributed by atoms with E-state index in [0.717, 1.165) is 64.1 Å². The van der Waals surface area contributed by atoms with Gasteiger partial charge in [-0.3, -0.25) is 0 Å². The van der Waals surface area contributed by atoms with Crippen LogP contribution in [0.5, 0.6) is 0 Å². The van der Waals surface area contributed by atoms with E-state index in [0.29, 0.717) is 0 Å². The number of unbranched alkanes of at least 4 members (excludes halogenated alkanes) is 1. The lowest BCUT2D eigenvalue weighted by atomic mass is 10.1. The summed E-state index contributed by atoms with van der Waals surface area (Å²) in [6, 6.07) is 6.12. The van der Waals surface area contributed by atoms with Gasteiger partial charge in [-0.15, -0.1) is 0 Å². The third kappa shape index (κ3) is 3.69. The summed E-state index contributed by atoms with van der Waals surface area (Å²) in [6.45, 7) is 5.31. The van der Waals surface area contributed by atoms with E-state index in [2.05, 4.69) is 56.3 Å². The quantitative estimate of drug-likeness (QED) is 0.686. The molecule has 0 aliphatic carbocycles. The lowest BCUT2D eigenvalue weighted by molar-refractivity contribution is 0.604. The van der Waals surface area contributed by atoms with Gasteiger partial charge in [-0.05, 0) is 56.8 Å². The van der Waals surface area contributed by atoms with Crippen molar-refractivity contribution in [3.05, 3.63) is 33.0 Å². The Kier molecular flexibility index (Phi) is 5.88. The normalized spacial score (nSPS) is 11.0. The topological polar surface area (TPSA) is 43.8 Å². The van der Waals surface area contributed by atoms with Gasteiger partial charge in [-0.2, -0.15) is 0 Å². The number of aryl methyl sites for hydroxylation is 1. The number of hydrogen-bond acceptors (Lipinski definition) is 2. The number of anilines is 1. The van der Waals surface area contributed by atoms with Crippen LogP contribution in [0.25, 0.3) is 11.3 Å². The molecule has 0 saturated heterocycles. The number of benzene rings is 1. The molecule has 21 heavy (non-hydrogen) atoms. The monoisotopic (exact) mass is 413 g/mol. The predicted molar refractivity (Wildman–Crippen MR) is 96.4 cm³/mol. The summed E-state index contributed by atoms with van der Waals surface area (Å²) in [5, 5.41) is 0. The second-order valence-corrected chi connectivity index (χ2v) is 6.85. The van der Waals surface area contributed by atoms with E-state index >= 15 is 0 Å². The molecule has 1 aromatic carbocycles. The van der Waals surface area contributed by atoms with Gasteiger partial charge in [0.25, 0.3) is 0 Å². The Hall–Kier alpha value is -0.810. The van der Waals surface area contributed by atoms with Crippen molar-refractivity contribution in [2.75, 3.05) is 5.73 Å². The van der Waals surface area contributed by atoms with Gasteiger partial charge in [0.15, 0.2) is 0 Å². The standard InChI is InChI=1S/C16H21Br2N3/c1-3-5-9-21-14(6-4-2)20-15(16(21)19)11-7-8-12(17)13(18)10-11/h7-8,10H,3-6,9,19H2,1-2H3. The van der Waals surface area contributed by atoms with E-state index in [1.54, 1.807) is 0 Å². The molecule has 0 fully saturated rings. The summed E-state index contributed by atoms with van der Waals surface area (Å²) in [5.41, 5.74) is 8.31. The molecular formula is C16H21Br2N3. The average molecular weight is 415 g/mol. The fraction of sp³-hybridized carbons (Fsp3) is 0.438. The van der Waals surface area contributed by atoms with Crippen molar-refractivity contribution in [1.29, 1.82) is 0 Å². The van der Waals surface area contributed by atoms with Crippen LogP contribution in [-0.2, 0) is 13.0 Å². The zero-order valence-electron chi connectivity index (χ0n) is 12.5. The lowest BCUT2D eigenvalue weighted by Gasteiger charge is -2.08. The minimum absolute atomic E-state index is 0.779. The number of nitrogens with zero attached hydrogens (tertiary/aromatic N) is 2. The van der Waals surface area contributed by atoms with Gasteiger partial charge < -0.3 is 10.3 Å². The first kappa shape index (κ1) is 16.6. The van der Waals surface area contributed by atoms with Crippen LogP contribution in [0.2, 0.25) is 0 Å². The zero-order valence-corrected chi connectivity index (χ0v) is 15.7. The first-order chi connectivity index (χ1) is 10.1. The minimum atomic E-state index is 0.779. The summed E-state index contributed by atoms with van der Waals surface area (Å²) >= 11 is 7.04. The molecule has 2 rings (SSSR count). The van der Waals surface area contributed by atoms with E-state index in [1.165, 1.54) is 0 Å². The van der Waals surface area contributed by atoms with E-state index in [9.17, 15) is 0 Å². The van der Waals surface area contributed by atoms with E-state index < -0.39 is 0 Å². The van der Waals surface area contributed by atoms with E-state index in [1.807, 2.05) is 12.1 Å². The van der Waals surface area contributed by atoms with Crippen molar-refractivity contribution in [3.63, 3.8) is 0 Å².